The number of nitrogens with one attached hydrogen (secondary N) is 7. The van der Waals surface area contributed by atoms with E-state index in [1.54, 1.807) is 42.6 Å². The minimum Gasteiger partial charge on any atom is -0.508 e. The standard InChI is InChI=1S/C47H49N9O11/c1-26(57)36(23-40-49-17-18-50-40)56-45(63)37(19-27-7-3-2-4-8-27)55-42(61)25-52-41(60)24-53-44(62)35(48)9-5-6-16-51-47(66)54-28-10-13-31(34(20-28)46(64)65)43-32-14-11-29(58)21-38(32)67-39-22-30(59)12-15-33(39)43/h2-4,7-8,10-15,17-18,20-22,35-37,58H,5-6,9,16,19,23-25,48H2,1H3,(H,49,50)(H,52,60)(H,53,62)(H,55,61)(H,56,63)(H,64,65)(H2,51,54,66)/t35-,36+,37+/m1/s1. The zero-order valence-electron chi connectivity index (χ0n) is 36.2. The summed E-state index contributed by atoms with van der Waals surface area (Å²) in [6, 6.07) is 18.2. The fourth-order valence-electron chi connectivity index (χ4n) is 7.18. The van der Waals surface area contributed by atoms with Crippen LogP contribution >= 0.6 is 0 Å². The molecular weight excluding hydrogens is 867 g/mol. The molecule has 2 aliphatic rings. The van der Waals surface area contributed by atoms with E-state index in [9.17, 15) is 48.6 Å². The molecule has 6 amide bonds. The van der Waals surface area contributed by atoms with Gasteiger partial charge in [0.25, 0.3) is 0 Å². The van der Waals surface area contributed by atoms with E-state index in [0.717, 1.165) is 5.56 Å². The molecule has 3 atom stereocenters. The van der Waals surface area contributed by atoms with Crippen LogP contribution in [0.15, 0.2) is 107 Å². The van der Waals surface area contributed by atoms with Crippen molar-refractivity contribution in [3.63, 3.8) is 0 Å². The number of aromatic nitrogens is 2. The molecule has 4 aromatic rings. The molecule has 0 saturated carbocycles. The highest BCUT2D eigenvalue weighted by atomic mass is 16.4. The van der Waals surface area contributed by atoms with Gasteiger partial charge in [-0.1, -0.05) is 36.4 Å². The van der Waals surface area contributed by atoms with E-state index in [4.69, 9.17) is 10.2 Å². The van der Waals surface area contributed by atoms with E-state index >= 15 is 0 Å². The van der Waals surface area contributed by atoms with Crippen molar-refractivity contribution in [3.8, 4) is 28.2 Å². The lowest BCUT2D eigenvalue weighted by molar-refractivity contribution is -0.131. The Morgan fingerprint density at radius 1 is 0.791 bits per heavy atom. The van der Waals surface area contributed by atoms with E-state index in [1.807, 2.05) is 0 Å². The molecule has 1 aliphatic heterocycles. The minimum atomic E-state index is -1.28. The third-order valence-electron chi connectivity index (χ3n) is 10.6. The summed E-state index contributed by atoms with van der Waals surface area (Å²) in [5.74, 6) is -3.57. The average Bonchev–Trinajstić information content (AvgIpc) is 3.82. The van der Waals surface area contributed by atoms with Gasteiger partial charge in [-0.2, -0.15) is 0 Å². The summed E-state index contributed by atoms with van der Waals surface area (Å²) < 4.78 is 5.86. The Kier molecular flexibility index (Phi) is 16.1. The normalized spacial score (nSPS) is 12.3. The molecule has 0 bridgehead atoms. The smallest absolute Gasteiger partial charge is 0.336 e. The van der Waals surface area contributed by atoms with Crippen LogP contribution in [0.5, 0.6) is 5.75 Å². The van der Waals surface area contributed by atoms with E-state index in [2.05, 4.69) is 41.9 Å². The molecule has 1 aliphatic carbocycles. The first kappa shape index (κ1) is 48.1. The number of benzene rings is 4. The minimum absolute atomic E-state index is 0.0861. The van der Waals surface area contributed by atoms with Gasteiger partial charge in [0, 0.05) is 66.1 Å². The molecule has 2 heterocycles. The first-order chi connectivity index (χ1) is 32.1. The predicted octanol–water partition coefficient (Wildman–Crippen LogP) is 2.59. The Morgan fingerprint density at radius 3 is 2.28 bits per heavy atom. The highest BCUT2D eigenvalue weighted by Crippen LogP contribution is 2.42. The zero-order valence-corrected chi connectivity index (χ0v) is 36.2. The Morgan fingerprint density at radius 2 is 1.55 bits per heavy atom. The number of aromatic amines is 1. The number of rotatable bonds is 21. The molecule has 67 heavy (non-hydrogen) atoms. The first-order valence-electron chi connectivity index (χ1n) is 21.2. The van der Waals surface area contributed by atoms with Gasteiger partial charge in [0.2, 0.25) is 23.6 Å². The van der Waals surface area contributed by atoms with Gasteiger partial charge in [-0.25, -0.2) is 14.6 Å². The number of unbranched alkanes of at least 4 members (excludes halogenated alkanes) is 1. The SMILES string of the molecule is CC(=O)[C@H](Cc1ncc[nH]1)NC(=O)[C@H](Cc1ccccc1)NC(=O)CNC(=O)CNC(=O)[C@H](N)CCCCNC(=O)Nc1ccc(-c2c3ccc(=O)cc-3oc3cc(O)ccc23)c(C(=O)O)c1. The number of phenolic OH excluding ortho intramolecular Hbond substituents is 1. The topological polar surface area (TPSA) is 317 Å². The van der Waals surface area contributed by atoms with Crippen LogP contribution in [-0.2, 0) is 36.8 Å². The predicted molar refractivity (Wildman–Crippen MR) is 245 cm³/mol. The number of amides is 6. The monoisotopic (exact) mass is 915 g/mol. The molecule has 0 fully saturated rings. The maximum absolute atomic E-state index is 13.4. The van der Waals surface area contributed by atoms with Crippen molar-refractivity contribution in [2.75, 3.05) is 25.0 Å². The number of aromatic carboxylic acids is 1. The number of H-pyrrole nitrogens is 1. The van der Waals surface area contributed by atoms with Crippen LogP contribution in [0.4, 0.5) is 10.5 Å². The van der Waals surface area contributed by atoms with E-state index in [-0.39, 0.29) is 70.9 Å². The molecule has 20 heteroatoms. The second-order valence-corrected chi connectivity index (χ2v) is 15.6. The molecule has 0 unspecified atom stereocenters. The van der Waals surface area contributed by atoms with Crippen molar-refractivity contribution in [3.05, 3.63) is 124 Å². The molecule has 1 aromatic heterocycles. The number of phenols is 1. The average molecular weight is 916 g/mol. The maximum atomic E-state index is 13.4. The number of ketones is 1. The van der Waals surface area contributed by atoms with Crippen LogP contribution < -0.4 is 43.1 Å². The summed E-state index contributed by atoms with van der Waals surface area (Å²) in [6.07, 6.45) is 4.39. The Hall–Kier alpha value is -8.39. The lowest BCUT2D eigenvalue weighted by atomic mass is 9.90. The van der Waals surface area contributed by atoms with Crippen molar-refractivity contribution < 1.29 is 48.2 Å². The third-order valence-corrected chi connectivity index (χ3v) is 10.6. The number of urea groups is 1. The molecule has 0 saturated heterocycles. The summed E-state index contributed by atoms with van der Waals surface area (Å²) in [5.41, 5.74) is 7.93. The van der Waals surface area contributed by atoms with Crippen LogP contribution in [0.3, 0.4) is 0 Å². The van der Waals surface area contributed by atoms with Crippen molar-refractivity contribution in [2.24, 2.45) is 5.73 Å². The molecule has 11 N–H and O–H groups in total. The quantitative estimate of drug-likeness (QED) is 0.0367. The Bertz CT molecular complexity index is 2790. The van der Waals surface area contributed by atoms with Crippen LogP contribution in [0.2, 0.25) is 0 Å². The Labute approximate surface area is 382 Å². The fraction of sp³-hybridized carbons (Fsp3) is 0.255. The summed E-state index contributed by atoms with van der Waals surface area (Å²) in [6.45, 7) is 0.535. The first-order valence-corrected chi connectivity index (χ1v) is 21.2. The van der Waals surface area contributed by atoms with E-state index < -0.39 is 66.8 Å². The number of nitrogens with zero attached hydrogens (tertiary/aromatic N) is 1. The van der Waals surface area contributed by atoms with Crippen LogP contribution in [0.1, 0.15) is 47.9 Å². The van der Waals surface area contributed by atoms with Gasteiger partial charge in [0.05, 0.1) is 30.7 Å². The number of hydrogen-bond donors (Lipinski definition) is 10. The highest BCUT2D eigenvalue weighted by molar-refractivity contribution is 6.08. The number of nitrogens with two attached hydrogens (primary N) is 1. The number of anilines is 1. The van der Waals surface area contributed by atoms with Crippen molar-refractivity contribution in [1.29, 1.82) is 0 Å². The number of hydrogen-bond acceptors (Lipinski definition) is 12. The summed E-state index contributed by atoms with van der Waals surface area (Å²) in [5, 5.41) is 36.2. The maximum Gasteiger partial charge on any atom is 0.336 e. The van der Waals surface area contributed by atoms with Gasteiger partial charge < -0.3 is 57.2 Å². The van der Waals surface area contributed by atoms with Gasteiger partial charge in [-0.3, -0.25) is 28.8 Å². The Balaban J connectivity index is 0.924. The molecule has 3 aromatic carbocycles. The molecular formula is C47H49N9O11. The number of aromatic hydroxyl groups is 1. The number of carbonyl (C=O) groups excluding carboxylic acids is 6. The number of Topliss-reactive ketones (excluding diaryl/α,β-unsaturated/α-hetero) is 1. The van der Waals surface area contributed by atoms with Gasteiger partial charge in [-0.05, 0) is 73.7 Å². The van der Waals surface area contributed by atoms with E-state index in [1.165, 1.54) is 61.7 Å². The molecule has 0 spiro atoms. The largest absolute Gasteiger partial charge is 0.508 e. The van der Waals surface area contributed by atoms with Crippen LogP contribution in [0, 0.1) is 0 Å². The highest BCUT2D eigenvalue weighted by Gasteiger charge is 2.27. The fourth-order valence-corrected chi connectivity index (χ4v) is 7.18. The van der Waals surface area contributed by atoms with Gasteiger partial charge in [0.1, 0.15) is 29.0 Å². The number of carboxylic acids is 1. The second-order valence-electron chi connectivity index (χ2n) is 15.6. The molecule has 20 nitrogen and oxygen atoms in total. The molecule has 348 valence electrons. The van der Waals surface area contributed by atoms with Gasteiger partial charge >= 0.3 is 12.0 Å². The number of carbonyl (C=O) groups is 7. The summed E-state index contributed by atoms with van der Waals surface area (Å²) >= 11 is 0. The van der Waals surface area contributed by atoms with Crippen molar-refractivity contribution >= 4 is 58.1 Å². The molecule has 0 radical (unpaired) electrons. The zero-order chi connectivity index (χ0) is 48.0. The molecule has 6 rings (SSSR count). The van der Waals surface area contributed by atoms with Gasteiger partial charge in [-0.15, -0.1) is 0 Å². The third kappa shape index (κ3) is 13.3. The van der Waals surface area contributed by atoms with Crippen molar-refractivity contribution in [1.82, 2.24) is 36.6 Å². The number of fused-ring (bicyclic) bond motifs is 2. The lowest BCUT2D eigenvalue weighted by Crippen LogP contribution is -2.54. The van der Waals surface area contributed by atoms with E-state index in [0.29, 0.717) is 35.2 Å². The lowest BCUT2D eigenvalue weighted by Gasteiger charge is -2.22. The summed E-state index contributed by atoms with van der Waals surface area (Å²) in [4.78, 5) is 108. The second kappa shape index (κ2) is 22.5. The van der Waals surface area contributed by atoms with Crippen LogP contribution in [0.25, 0.3) is 33.4 Å². The summed E-state index contributed by atoms with van der Waals surface area (Å²) in [7, 11) is 0. The van der Waals surface area contributed by atoms with Crippen LogP contribution in [-0.4, -0.2) is 99.4 Å². The number of imidazole rings is 1. The van der Waals surface area contributed by atoms with Gasteiger partial charge in [0.15, 0.2) is 11.2 Å². The van der Waals surface area contributed by atoms with Crippen molar-refractivity contribution in [2.45, 2.75) is 57.2 Å². The number of carboxylic acid groups (broad SMARTS) is 1.